The Kier molecular flexibility index (Phi) is 5.84. The number of rotatable bonds is 8. The van der Waals surface area contributed by atoms with Crippen LogP contribution in [-0.2, 0) is 9.59 Å². The summed E-state index contributed by atoms with van der Waals surface area (Å²) in [6, 6.07) is -0.301. The molecule has 0 aromatic carbocycles. The van der Waals surface area contributed by atoms with E-state index >= 15 is 0 Å². The zero-order chi connectivity index (χ0) is 16.2. The first kappa shape index (κ1) is 17.3. The van der Waals surface area contributed by atoms with Crippen LogP contribution in [0.25, 0.3) is 0 Å². The van der Waals surface area contributed by atoms with E-state index in [9.17, 15) is 9.59 Å². The zero-order valence-corrected chi connectivity index (χ0v) is 14.3. The molecular weight excluding hydrogens is 278 g/mol. The Morgan fingerprint density at radius 2 is 2.18 bits per heavy atom. The first-order valence-corrected chi connectivity index (χ1v) is 8.78. The summed E-state index contributed by atoms with van der Waals surface area (Å²) >= 11 is 0. The van der Waals surface area contributed by atoms with Crippen LogP contribution in [0.2, 0.25) is 0 Å². The highest BCUT2D eigenvalue weighted by atomic mass is 16.2. The van der Waals surface area contributed by atoms with Gasteiger partial charge in [-0.25, -0.2) is 0 Å². The Bertz CT molecular complexity index is 405. The van der Waals surface area contributed by atoms with Crippen molar-refractivity contribution >= 4 is 11.8 Å². The zero-order valence-electron chi connectivity index (χ0n) is 14.3. The summed E-state index contributed by atoms with van der Waals surface area (Å²) in [4.78, 5) is 26.7. The molecule has 22 heavy (non-hydrogen) atoms. The van der Waals surface area contributed by atoms with E-state index in [2.05, 4.69) is 36.3 Å². The summed E-state index contributed by atoms with van der Waals surface area (Å²) in [7, 11) is 0. The number of carbonyl (C=O) groups is 2. The molecule has 0 unspecified atom stereocenters. The molecule has 0 aromatic heterocycles. The van der Waals surface area contributed by atoms with Crippen molar-refractivity contribution in [3.8, 4) is 0 Å². The maximum Gasteiger partial charge on any atom is 0.237 e. The molecule has 1 saturated carbocycles. The van der Waals surface area contributed by atoms with E-state index in [-0.39, 0.29) is 29.8 Å². The first-order valence-electron chi connectivity index (χ1n) is 8.78. The summed E-state index contributed by atoms with van der Waals surface area (Å²) in [5.41, 5.74) is 0.0414. The number of hydrogen-bond acceptors (Lipinski definition) is 3. The highest BCUT2D eigenvalue weighted by molar-refractivity contribution is 5.89. The van der Waals surface area contributed by atoms with Crippen molar-refractivity contribution in [1.29, 1.82) is 0 Å². The Labute approximate surface area is 134 Å². The second kappa shape index (κ2) is 7.44. The van der Waals surface area contributed by atoms with E-state index in [1.807, 2.05) is 0 Å². The fraction of sp³-hybridized carbons (Fsp3) is 0.882. The number of nitrogens with zero attached hydrogens (tertiary/aromatic N) is 1. The third-order valence-electron chi connectivity index (χ3n) is 4.80. The lowest BCUT2D eigenvalue weighted by Crippen LogP contribution is -2.57. The molecule has 1 aliphatic carbocycles. The molecule has 0 radical (unpaired) electrons. The molecular formula is C17H31N3O2. The molecule has 2 aliphatic rings. The Hall–Kier alpha value is -1.10. The van der Waals surface area contributed by atoms with Crippen molar-refractivity contribution in [2.45, 2.75) is 70.9 Å². The molecule has 1 heterocycles. The SMILES string of the molecule is CCCC1(NC(=O)C[C@@H]2C(=O)NCCN2CCC(C)C)CC1. The number of nitrogens with one attached hydrogen (secondary N) is 2. The van der Waals surface area contributed by atoms with Crippen LogP contribution in [0.3, 0.4) is 0 Å². The van der Waals surface area contributed by atoms with Crippen molar-refractivity contribution in [2.75, 3.05) is 19.6 Å². The van der Waals surface area contributed by atoms with Crippen LogP contribution in [0.5, 0.6) is 0 Å². The summed E-state index contributed by atoms with van der Waals surface area (Å²) < 4.78 is 0. The number of amides is 2. The van der Waals surface area contributed by atoms with Gasteiger partial charge in [-0.2, -0.15) is 0 Å². The van der Waals surface area contributed by atoms with E-state index in [1.165, 1.54) is 0 Å². The Morgan fingerprint density at radius 1 is 1.45 bits per heavy atom. The Morgan fingerprint density at radius 3 is 2.77 bits per heavy atom. The predicted octanol–water partition coefficient (Wildman–Crippen LogP) is 1.67. The minimum Gasteiger partial charge on any atom is -0.353 e. The van der Waals surface area contributed by atoms with Gasteiger partial charge in [0.2, 0.25) is 11.8 Å². The minimum absolute atomic E-state index is 0.00509. The first-order chi connectivity index (χ1) is 10.5. The Balaban J connectivity index is 1.88. The topological polar surface area (TPSA) is 61.4 Å². The quantitative estimate of drug-likeness (QED) is 0.717. The van der Waals surface area contributed by atoms with Gasteiger partial charge in [0, 0.05) is 18.6 Å². The molecule has 126 valence electrons. The van der Waals surface area contributed by atoms with Crippen molar-refractivity contribution in [3.05, 3.63) is 0 Å². The second-order valence-corrected chi connectivity index (χ2v) is 7.31. The smallest absolute Gasteiger partial charge is 0.237 e. The second-order valence-electron chi connectivity index (χ2n) is 7.31. The monoisotopic (exact) mass is 309 g/mol. The standard InChI is InChI=1S/C17H31N3O2/c1-4-6-17(7-8-17)19-15(21)12-14-16(22)18-9-11-20(14)10-5-13(2)3/h13-14H,4-12H2,1-3H3,(H,18,22)(H,19,21)/t14-/m1/s1. The summed E-state index contributed by atoms with van der Waals surface area (Å²) in [6.07, 6.45) is 5.65. The highest BCUT2D eigenvalue weighted by Crippen LogP contribution is 2.39. The van der Waals surface area contributed by atoms with Gasteiger partial charge in [-0.05, 0) is 38.1 Å². The number of hydrogen-bond donors (Lipinski definition) is 2. The van der Waals surface area contributed by atoms with Crippen molar-refractivity contribution in [3.63, 3.8) is 0 Å². The summed E-state index contributed by atoms with van der Waals surface area (Å²) in [5, 5.41) is 6.07. The fourth-order valence-corrected chi connectivity index (χ4v) is 3.26. The van der Waals surface area contributed by atoms with Crippen LogP contribution in [0.4, 0.5) is 0 Å². The van der Waals surface area contributed by atoms with Crippen molar-refractivity contribution in [1.82, 2.24) is 15.5 Å². The lowest BCUT2D eigenvalue weighted by molar-refractivity contribution is -0.134. The lowest BCUT2D eigenvalue weighted by atomic mass is 10.0. The van der Waals surface area contributed by atoms with Gasteiger partial charge in [0.15, 0.2) is 0 Å². The predicted molar refractivity (Wildman–Crippen MR) is 87.5 cm³/mol. The van der Waals surface area contributed by atoms with Crippen LogP contribution in [0.15, 0.2) is 0 Å². The normalized spacial score (nSPS) is 24.2. The third-order valence-corrected chi connectivity index (χ3v) is 4.80. The van der Waals surface area contributed by atoms with E-state index in [1.54, 1.807) is 0 Å². The van der Waals surface area contributed by atoms with Gasteiger partial charge < -0.3 is 10.6 Å². The van der Waals surface area contributed by atoms with Gasteiger partial charge in [0.1, 0.15) is 0 Å². The van der Waals surface area contributed by atoms with Gasteiger partial charge in [0.25, 0.3) is 0 Å². The van der Waals surface area contributed by atoms with E-state index in [0.29, 0.717) is 12.5 Å². The highest BCUT2D eigenvalue weighted by Gasteiger charge is 2.43. The molecule has 2 fully saturated rings. The fourth-order valence-electron chi connectivity index (χ4n) is 3.26. The van der Waals surface area contributed by atoms with Gasteiger partial charge in [-0.15, -0.1) is 0 Å². The van der Waals surface area contributed by atoms with Gasteiger partial charge in [0.05, 0.1) is 12.5 Å². The average Bonchev–Trinajstić information content (AvgIpc) is 3.19. The van der Waals surface area contributed by atoms with Crippen LogP contribution >= 0.6 is 0 Å². The summed E-state index contributed by atoms with van der Waals surface area (Å²) in [5.74, 6) is 0.645. The molecule has 1 aliphatic heterocycles. The minimum atomic E-state index is -0.301. The molecule has 5 heteroatoms. The molecule has 1 atom stereocenters. The lowest BCUT2D eigenvalue weighted by Gasteiger charge is -2.35. The largest absolute Gasteiger partial charge is 0.353 e. The molecule has 5 nitrogen and oxygen atoms in total. The van der Waals surface area contributed by atoms with Gasteiger partial charge in [-0.3, -0.25) is 14.5 Å². The maximum absolute atomic E-state index is 12.4. The van der Waals surface area contributed by atoms with Crippen LogP contribution in [0.1, 0.15) is 59.3 Å². The molecule has 0 spiro atoms. The summed E-state index contributed by atoms with van der Waals surface area (Å²) in [6.45, 7) is 8.95. The molecule has 2 N–H and O–H groups in total. The van der Waals surface area contributed by atoms with Gasteiger partial charge >= 0.3 is 0 Å². The van der Waals surface area contributed by atoms with Crippen molar-refractivity contribution < 1.29 is 9.59 Å². The number of carbonyl (C=O) groups excluding carboxylic acids is 2. The number of piperazine rings is 1. The molecule has 0 aromatic rings. The van der Waals surface area contributed by atoms with Crippen LogP contribution in [0, 0.1) is 5.92 Å². The van der Waals surface area contributed by atoms with E-state index < -0.39 is 0 Å². The van der Waals surface area contributed by atoms with Crippen LogP contribution in [-0.4, -0.2) is 47.9 Å². The maximum atomic E-state index is 12.4. The average molecular weight is 309 g/mol. The van der Waals surface area contributed by atoms with Gasteiger partial charge in [-0.1, -0.05) is 27.2 Å². The molecule has 1 saturated heterocycles. The van der Waals surface area contributed by atoms with E-state index in [0.717, 1.165) is 45.2 Å². The van der Waals surface area contributed by atoms with Crippen LogP contribution < -0.4 is 10.6 Å². The third kappa shape index (κ3) is 4.70. The molecule has 0 bridgehead atoms. The van der Waals surface area contributed by atoms with E-state index in [4.69, 9.17) is 0 Å². The molecule has 2 rings (SSSR count). The molecule has 2 amide bonds. The van der Waals surface area contributed by atoms with Crippen molar-refractivity contribution in [2.24, 2.45) is 5.92 Å².